The lowest BCUT2D eigenvalue weighted by Crippen LogP contribution is -2.49. The first-order valence-corrected chi connectivity index (χ1v) is 8.40. The number of aryl methyl sites for hydroxylation is 1. The van der Waals surface area contributed by atoms with Gasteiger partial charge in [-0.1, -0.05) is 29.8 Å². The van der Waals surface area contributed by atoms with Crippen LogP contribution in [0.1, 0.15) is 0 Å². The highest BCUT2D eigenvalue weighted by Crippen LogP contribution is 2.21. The lowest BCUT2D eigenvalue weighted by atomic mass is 10.3. The quantitative estimate of drug-likeness (QED) is 0.822. The molecule has 1 aliphatic heterocycles. The van der Waals surface area contributed by atoms with E-state index in [1.165, 1.54) is 10.9 Å². The SMILES string of the molecule is Cn1ncc(Cl)c(N2CCN(CCOc3ccccc3)CC2)c1=O. The van der Waals surface area contributed by atoms with E-state index in [-0.39, 0.29) is 5.56 Å². The number of aromatic nitrogens is 2. The maximum Gasteiger partial charge on any atom is 0.291 e. The van der Waals surface area contributed by atoms with Crippen LogP contribution in [0.3, 0.4) is 0 Å². The fourth-order valence-electron chi connectivity index (χ4n) is 2.80. The summed E-state index contributed by atoms with van der Waals surface area (Å²) in [6.07, 6.45) is 1.53. The molecule has 1 fully saturated rings. The third kappa shape index (κ3) is 3.88. The molecule has 3 rings (SSSR count). The maximum atomic E-state index is 12.2. The number of hydrogen-bond acceptors (Lipinski definition) is 5. The number of piperazine rings is 1. The molecule has 1 saturated heterocycles. The van der Waals surface area contributed by atoms with Crippen LogP contribution in [-0.4, -0.2) is 54.0 Å². The highest BCUT2D eigenvalue weighted by Gasteiger charge is 2.22. The second-order valence-electron chi connectivity index (χ2n) is 5.76. The van der Waals surface area contributed by atoms with E-state index in [1.54, 1.807) is 7.05 Å². The van der Waals surface area contributed by atoms with E-state index in [1.807, 2.05) is 35.2 Å². The van der Waals surface area contributed by atoms with Gasteiger partial charge in [0.05, 0.1) is 11.2 Å². The van der Waals surface area contributed by atoms with Crippen molar-refractivity contribution in [1.29, 1.82) is 0 Å². The molecule has 1 aromatic heterocycles. The van der Waals surface area contributed by atoms with Crippen LogP contribution >= 0.6 is 11.6 Å². The number of para-hydroxylation sites is 1. The van der Waals surface area contributed by atoms with E-state index in [4.69, 9.17) is 16.3 Å². The van der Waals surface area contributed by atoms with E-state index < -0.39 is 0 Å². The average Bonchev–Trinajstić information content (AvgIpc) is 2.61. The van der Waals surface area contributed by atoms with Crippen LogP contribution in [0.5, 0.6) is 5.75 Å². The van der Waals surface area contributed by atoms with Crippen molar-refractivity contribution in [2.75, 3.05) is 44.2 Å². The van der Waals surface area contributed by atoms with Crippen molar-refractivity contribution in [2.24, 2.45) is 7.05 Å². The van der Waals surface area contributed by atoms with Gasteiger partial charge in [0.25, 0.3) is 5.56 Å². The number of anilines is 1. The molecule has 7 heteroatoms. The topological polar surface area (TPSA) is 50.6 Å². The lowest BCUT2D eigenvalue weighted by Gasteiger charge is -2.35. The van der Waals surface area contributed by atoms with Gasteiger partial charge in [0.2, 0.25) is 0 Å². The molecule has 1 aliphatic rings. The Labute approximate surface area is 146 Å². The minimum absolute atomic E-state index is 0.150. The molecule has 0 unspecified atom stereocenters. The predicted octanol–water partition coefficient (Wildman–Crippen LogP) is 1.63. The molecular formula is C17H21ClN4O2. The summed E-state index contributed by atoms with van der Waals surface area (Å²) < 4.78 is 7.06. The molecule has 2 heterocycles. The molecule has 1 aromatic carbocycles. The zero-order valence-electron chi connectivity index (χ0n) is 13.7. The van der Waals surface area contributed by atoms with Crippen LogP contribution in [0.2, 0.25) is 5.02 Å². The fourth-order valence-corrected chi connectivity index (χ4v) is 3.04. The van der Waals surface area contributed by atoms with Gasteiger partial charge in [-0.05, 0) is 12.1 Å². The first kappa shape index (κ1) is 16.8. The molecule has 0 radical (unpaired) electrons. The molecule has 0 amide bonds. The zero-order valence-corrected chi connectivity index (χ0v) is 14.4. The zero-order chi connectivity index (χ0) is 16.9. The van der Waals surface area contributed by atoms with Crippen molar-refractivity contribution in [3.05, 3.63) is 51.9 Å². The van der Waals surface area contributed by atoms with Crippen LogP contribution < -0.4 is 15.2 Å². The highest BCUT2D eigenvalue weighted by molar-refractivity contribution is 6.33. The Kier molecular flexibility index (Phi) is 5.37. The molecule has 0 saturated carbocycles. The van der Waals surface area contributed by atoms with Gasteiger partial charge in [0.1, 0.15) is 18.0 Å². The number of nitrogens with zero attached hydrogens (tertiary/aromatic N) is 4. The Hall–Kier alpha value is -2.05. The van der Waals surface area contributed by atoms with Gasteiger partial charge < -0.3 is 9.64 Å². The predicted molar refractivity (Wildman–Crippen MR) is 95.1 cm³/mol. The fraction of sp³-hybridized carbons (Fsp3) is 0.412. The summed E-state index contributed by atoms with van der Waals surface area (Å²) in [4.78, 5) is 16.6. The number of halogens is 1. The van der Waals surface area contributed by atoms with Crippen LogP contribution in [-0.2, 0) is 7.05 Å². The smallest absolute Gasteiger partial charge is 0.291 e. The van der Waals surface area contributed by atoms with Crippen LogP contribution in [0, 0.1) is 0 Å². The van der Waals surface area contributed by atoms with Gasteiger partial charge in [-0.15, -0.1) is 0 Å². The Morgan fingerprint density at radius 3 is 2.58 bits per heavy atom. The summed E-state index contributed by atoms with van der Waals surface area (Å²) in [6.45, 7) is 4.81. The minimum atomic E-state index is -0.150. The first-order chi connectivity index (χ1) is 11.6. The number of ether oxygens (including phenoxy) is 1. The molecule has 0 atom stereocenters. The van der Waals surface area contributed by atoms with Gasteiger partial charge in [-0.2, -0.15) is 5.10 Å². The highest BCUT2D eigenvalue weighted by atomic mass is 35.5. The van der Waals surface area contributed by atoms with Crippen LogP contribution in [0.15, 0.2) is 41.3 Å². The first-order valence-electron chi connectivity index (χ1n) is 8.02. The van der Waals surface area contributed by atoms with Crippen molar-refractivity contribution < 1.29 is 4.74 Å². The van der Waals surface area contributed by atoms with Crippen molar-refractivity contribution in [3.8, 4) is 5.75 Å². The molecule has 2 aromatic rings. The van der Waals surface area contributed by atoms with Crippen LogP contribution in [0.4, 0.5) is 5.69 Å². The molecule has 0 N–H and O–H groups in total. The Bertz CT molecular complexity index is 727. The van der Waals surface area contributed by atoms with Crippen molar-refractivity contribution in [1.82, 2.24) is 14.7 Å². The van der Waals surface area contributed by atoms with Gasteiger partial charge in [0.15, 0.2) is 0 Å². The summed E-state index contributed by atoms with van der Waals surface area (Å²) in [5.41, 5.74) is 0.401. The molecule has 0 bridgehead atoms. The van der Waals surface area contributed by atoms with E-state index in [2.05, 4.69) is 10.00 Å². The second-order valence-corrected chi connectivity index (χ2v) is 6.17. The number of hydrogen-bond donors (Lipinski definition) is 0. The Morgan fingerprint density at radius 2 is 1.88 bits per heavy atom. The standard InChI is InChI=1S/C17H21ClN4O2/c1-20-17(23)16(15(18)13-19-20)22-9-7-21(8-10-22)11-12-24-14-5-3-2-4-6-14/h2-6,13H,7-12H2,1H3. The number of rotatable bonds is 5. The maximum absolute atomic E-state index is 12.2. The summed E-state index contributed by atoms with van der Waals surface area (Å²) in [6, 6.07) is 9.82. The van der Waals surface area contributed by atoms with E-state index in [0.29, 0.717) is 17.3 Å². The Balaban J connectivity index is 1.51. The van der Waals surface area contributed by atoms with Gasteiger partial charge in [-0.3, -0.25) is 9.69 Å². The van der Waals surface area contributed by atoms with Gasteiger partial charge >= 0.3 is 0 Å². The third-order valence-corrected chi connectivity index (χ3v) is 4.45. The largest absolute Gasteiger partial charge is 0.492 e. The van der Waals surface area contributed by atoms with Crippen molar-refractivity contribution >= 4 is 17.3 Å². The molecule has 6 nitrogen and oxygen atoms in total. The molecule has 0 spiro atoms. The molecule has 128 valence electrons. The minimum Gasteiger partial charge on any atom is -0.492 e. The summed E-state index contributed by atoms with van der Waals surface area (Å²) in [7, 11) is 1.64. The molecule has 24 heavy (non-hydrogen) atoms. The molecule has 0 aliphatic carbocycles. The van der Waals surface area contributed by atoms with Crippen LogP contribution in [0.25, 0.3) is 0 Å². The van der Waals surface area contributed by atoms with Gasteiger partial charge in [-0.25, -0.2) is 4.68 Å². The lowest BCUT2D eigenvalue weighted by molar-refractivity contribution is 0.200. The third-order valence-electron chi connectivity index (χ3n) is 4.17. The molecular weight excluding hydrogens is 328 g/mol. The Morgan fingerprint density at radius 1 is 1.17 bits per heavy atom. The van der Waals surface area contributed by atoms with E-state index in [9.17, 15) is 4.79 Å². The monoisotopic (exact) mass is 348 g/mol. The van der Waals surface area contributed by atoms with E-state index >= 15 is 0 Å². The van der Waals surface area contributed by atoms with Crippen molar-refractivity contribution in [3.63, 3.8) is 0 Å². The van der Waals surface area contributed by atoms with Gasteiger partial charge in [0, 0.05) is 39.8 Å². The summed E-state index contributed by atoms with van der Waals surface area (Å²) in [5.74, 6) is 0.892. The van der Waals surface area contributed by atoms with E-state index in [0.717, 1.165) is 38.5 Å². The van der Waals surface area contributed by atoms with Crippen molar-refractivity contribution in [2.45, 2.75) is 0 Å². The second kappa shape index (κ2) is 7.68. The summed E-state index contributed by atoms with van der Waals surface area (Å²) >= 11 is 6.17. The normalized spacial score (nSPS) is 15.5. The average molecular weight is 349 g/mol. The summed E-state index contributed by atoms with van der Waals surface area (Å²) in [5, 5.41) is 4.35. The number of benzene rings is 1.